The minimum atomic E-state index is 0. The molecule has 0 radical (unpaired) electrons. The van der Waals surface area contributed by atoms with Crippen molar-refractivity contribution in [2.75, 3.05) is 6.79 Å². The highest BCUT2D eigenvalue weighted by atomic mass is 127. The lowest BCUT2D eigenvalue weighted by Crippen LogP contribution is -2.38. The normalized spacial score (nSPS) is 17.9. The Morgan fingerprint density at radius 2 is 2.00 bits per heavy atom. The molecular formula is C14H20IN3O2. The molecule has 0 saturated heterocycles. The maximum Gasteiger partial charge on any atom is 0.231 e. The monoisotopic (exact) mass is 389 g/mol. The summed E-state index contributed by atoms with van der Waals surface area (Å²) in [5, 5.41) is 3.27. The van der Waals surface area contributed by atoms with Crippen molar-refractivity contribution in [1.82, 2.24) is 5.32 Å². The number of halogens is 1. The Morgan fingerprint density at radius 1 is 1.25 bits per heavy atom. The fraction of sp³-hybridized carbons (Fsp3) is 0.500. The Hall–Kier alpha value is -1.18. The van der Waals surface area contributed by atoms with Crippen LogP contribution in [0.15, 0.2) is 23.2 Å². The van der Waals surface area contributed by atoms with Gasteiger partial charge in [0.1, 0.15) is 0 Å². The zero-order chi connectivity index (χ0) is 13.1. The zero-order valence-electron chi connectivity index (χ0n) is 11.3. The van der Waals surface area contributed by atoms with E-state index in [2.05, 4.69) is 10.3 Å². The first kappa shape index (κ1) is 15.2. The predicted octanol–water partition coefficient (Wildman–Crippen LogP) is 2.38. The smallest absolute Gasteiger partial charge is 0.231 e. The van der Waals surface area contributed by atoms with E-state index in [0.717, 1.165) is 17.1 Å². The third-order valence-electron chi connectivity index (χ3n) is 3.58. The van der Waals surface area contributed by atoms with Gasteiger partial charge in [0.2, 0.25) is 6.79 Å². The number of nitrogens with zero attached hydrogens (tertiary/aromatic N) is 1. The Kier molecular flexibility index (Phi) is 5.33. The highest BCUT2D eigenvalue weighted by Gasteiger charge is 2.15. The quantitative estimate of drug-likeness (QED) is 0.473. The fourth-order valence-corrected chi connectivity index (χ4v) is 2.54. The summed E-state index contributed by atoms with van der Waals surface area (Å²) < 4.78 is 10.6. The number of fused-ring (bicyclic) bond motifs is 1. The molecule has 0 spiro atoms. The fourth-order valence-electron chi connectivity index (χ4n) is 2.54. The van der Waals surface area contributed by atoms with E-state index in [9.17, 15) is 0 Å². The number of hydrogen-bond acceptors (Lipinski definition) is 3. The molecular weight excluding hydrogens is 369 g/mol. The molecule has 1 aliphatic carbocycles. The molecule has 0 aromatic heterocycles. The number of nitrogens with one attached hydrogen (secondary N) is 1. The van der Waals surface area contributed by atoms with E-state index in [1.165, 1.54) is 25.7 Å². The molecule has 1 fully saturated rings. The number of aliphatic imine (C=N–C) groups is 1. The minimum absolute atomic E-state index is 0. The first-order valence-electron chi connectivity index (χ1n) is 6.76. The van der Waals surface area contributed by atoms with Gasteiger partial charge >= 0.3 is 0 Å². The van der Waals surface area contributed by atoms with Gasteiger partial charge in [0.15, 0.2) is 17.5 Å². The maximum atomic E-state index is 5.90. The van der Waals surface area contributed by atoms with Gasteiger partial charge in [-0.2, -0.15) is 0 Å². The van der Waals surface area contributed by atoms with Crippen LogP contribution in [0.1, 0.15) is 31.2 Å². The van der Waals surface area contributed by atoms with Crippen molar-refractivity contribution in [3.8, 4) is 11.5 Å². The highest BCUT2D eigenvalue weighted by Crippen LogP contribution is 2.32. The van der Waals surface area contributed by atoms with Crippen molar-refractivity contribution in [3.05, 3.63) is 23.8 Å². The molecule has 0 amide bonds. The Bertz CT molecular complexity index is 487. The Labute approximate surface area is 135 Å². The maximum absolute atomic E-state index is 5.90. The van der Waals surface area contributed by atoms with Gasteiger partial charge in [-0.25, -0.2) is 4.99 Å². The second-order valence-corrected chi connectivity index (χ2v) is 5.01. The lowest BCUT2D eigenvalue weighted by molar-refractivity contribution is 0.174. The summed E-state index contributed by atoms with van der Waals surface area (Å²) in [5.41, 5.74) is 6.97. The summed E-state index contributed by atoms with van der Waals surface area (Å²) in [4.78, 5) is 4.37. The van der Waals surface area contributed by atoms with Crippen LogP contribution in [0, 0.1) is 0 Å². The number of ether oxygens (including phenoxy) is 2. The standard InChI is InChI=1S/C14H19N3O2.HI/c15-14(17-11-3-1-2-4-11)16-8-10-5-6-12-13(7-10)19-9-18-12;/h5-7,11H,1-4,8-9H2,(H3,15,16,17);1H. The molecule has 20 heavy (non-hydrogen) atoms. The van der Waals surface area contributed by atoms with Crippen molar-refractivity contribution >= 4 is 29.9 Å². The number of hydrogen-bond donors (Lipinski definition) is 2. The summed E-state index contributed by atoms with van der Waals surface area (Å²) >= 11 is 0. The van der Waals surface area contributed by atoms with Crippen molar-refractivity contribution in [2.45, 2.75) is 38.3 Å². The second-order valence-electron chi connectivity index (χ2n) is 5.01. The van der Waals surface area contributed by atoms with Gasteiger partial charge in [-0.1, -0.05) is 18.9 Å². The SMILES string of the molecule is I.NC(=NCc1ccc2c(c1)OCO2)NC1CCCC1. The molecule has 1 aliphatic heterocycles. The molecule has 3 N–H and O–H groups in total. The molecule has 1 heterocycles. The van der Waals surface area contributed by atoms with E-state index in [4.69, 9.17) is 15.2 Å². The zero-order valence-corrected chi connectivity index (χ0v) is 13.6. The van der Waals surface area contributed by atoms with E-state index in [1.807, 2.05) is 18.2 Å². The van der Waals surface area contributed by atoms with Crippen LogP contribution in [-0.2, 0) is 6.54 Å². The Morgan fingerprint density at radius 3 is 2.80 bits per heavy atom. The number of benzene rings is 1. The van der Waals surface area contributed by atoms with Gasteiger partial charge in [0.05, 0.1) is 6.54 Å². The molecule has 6 heteroatoms. The summed E-state index contributed by atoms with van der Waals surface area (Å²) in [5.74, 6) is 2.12. The molecule has 3 rings (SSSR count). The van der Waals surface area contributed by atoms with Crippen molar-refractivity contribution in [3.63, 3.8) is 0 Å². The van der Waals surface area contributed by atoms with Gasteiger partial charge in [0.25, 0.3) is 0 Å². The molecule has 5 nitrogen and oxygen atoms in total. The van der Waals surface area contributed by atoms with Gasteiger partial charge in [-0.05, 0) is 30.5 Å². The van der Waals surface area contributed by atoms with Crippen LogP contribution in [0.2, 0.25) is 0 Å². The molecule has 0 bridgehead atoms. The second kappa shape index (κ2) is 7.01. The highest BCUT2D eigenvalue weighted by molar-refractivity contribution is 14.0. The van der Waals surface area contributed by atoms with Crippen LogP contribution in [0.4, 0.5) is 0 Å². The summed E-state index contributed by atoms with van der Waals surface area (Å²) in [6.45, 7) is 0.857. The van der Waals surface area contributed by atoms with Crippen LogP contribution in [0.5, 0.6) is 11.5 Å². The first-order chi connectivity index (χ1) is 9.31. The third-order valence-corrected chi connectivity index (χ3v) is 3.58. The molecule has 110 valence electrons. The number of rotatable bonds is 3. The minimum Gasteiger partial charge on any atom is -0.454 e. The van der Waals surface area contributed by atoms with Crippen LogP contribution >= 0.6 is 24.0 Å². The summed E-state index contributed by atoms with van der Waals surface area (Å²) in [6.07, 6.45) is 4.96. The van der Waals surface area contributed by atoms with Crippen LogP contribution in [0.25, 0.3) is 0 Å². The van der Waals surface area contributed by atoms with Crippen LogP contribution in [-0.4, -0.2) is 18.8 Å². The van der Waals surface area contributed by atoms with E-state index < -0.39 is 0 Å². The van der Waals surface area contributed by atoms with Gasteiger partial charge in [0, 0.05) is 6.04 Å². The largest absolute Gasteiger partial charge is 0.454 e. The topological polar surface area (TPSA) is 68.9 Å². The van der Waals surface area contributed by atoms with Crippen LogP contribution < -0.4 is 20.5 Å². The predicted molar refractivity (Wildman–Crippen MR) is 88.7 cm³/mol. The molecule has 0 unspecified atom stereocenters. The Balaban J connectivity index is 0.00000147. The first-order valence-corrected chi connectivity index (χ1v) is 6.76. The lowest BCUT2D eigenvalue weighted by atomic mass is 10.2. The summed E-state index contributed by atoms with van der Waals surface area (Å²) in [6, 6.07) is 6.35. The van der Waals surface area contributed by atoms with Gasteiger partial charge < -0.3 is 20.5 Å². The number of nitrogens with two attached hydrogens (primary N) is 1. The molecule has 1 aromatic rings. The molecule has 2 aliphatic rings. The van der Waals surface area contributed by atoms with Gasteiger partial charge in [-0.3, -0.25) is 0 Å². The average Bonchev–Trinajstić information content (AvgIpc) is 3.06. The third kappa shape index (κ3) is 3.68. The molecule has 0 atom stereocenters. The number of guanidine groups is 1. The van der Waals surface area contributed by atoms with Crippen molar-refractivity contribution in [2.24, 2.45) is 10.7 Å². The van der Waals surface area contributed by atoms with E-state index in [-0.39, 0.29) is 24.0 Å². The van der Waals surface area contributed by atoms with Crippen molar-refractivity contribution < 1.29 is 9.47 Å². The van der Waals surface area contributed by atoms with Gasteiger partial charge in [-0.15, -0.1) is 24.0 Å². The van der Waals surface area contributed by atoms with E-state index in [1.54, 1.807) is 0 Å². The van der Waals surface area contributed by atoms with Crippen LogP contribution in [0.3, 0.4) is 0 Å². The average molecular weight is 389 g/mol. The molecule has 1 aromatic carbocycles. The lowest BCUT2D eigenvalue weighted by Gasteiger charge is -2.12. The van der Waals surface area contributed by atoms with E-state index >= 15 is 0 Å². The molecule has 1 saturated carbocycles. The van der Waals surface area contributed by atoms with Crippen molar-refractivity contribution in [1.29, 1.82) is 0 Å². The summed E-state index contributed by atoms with van der Waals surface area (Å²) in [7, 11) is 0. The van der Waals surface area contributed by atoms with E-state index in [0.29, 0.717) is 25.3 Å².